The van der Waals surface area contributed by atoms with E-state index >= 15 is 0 Å². The molecule has 0 atom stereocenters. The summed E-state index contributed by atoms with van der Waals surface area (Å²) in [6.45, 7) is 12.4. The molecule has 1 radical (unpaired) electrons. The van der Waals surface area contributed by atoms with E-state index < -0.39 is 0 Å². The first kappa shape index (κ1) is 45.1. The van der Waals surface area contributed by atoms with Crippen LogP contribution in [0.2, 0.25) is 0 Å². The Morgan fingerprint density at radius 2 is 0.419 bits per heavy atom. The van der Waals surface area contributed by atoms with Crippen LogP contribution < -0.4 is 0 Å². The zero-order chi connectivity index (χ0) is 24.1. The standard InChI is InChI=1S/5C5H12O.Nb/c5*1-2-3-4-5-6;/h5*6H,2-5H2,1H3;. The summed E-state index contributed by atoms with van der Waals surface area (Å²) in [5.41, 5.74) is 0. The fraction of sp³-hybridized carbons (Fsp3) is 1.00. The van der Waals surface area contributed by atoms with Crippen LogP contribution in [-0.4, -0.2) is 58.6 Å². The zero-order valence-corrected chi connectivity index (χ0v) is 24.0. The van der Waals surface area contributed by atoms with Crippen LogP contribution in [0.1, 0.15) is 131 Å². The first-order valence-corrected chi connectivity index (χ1v) is 12.6. The number of aliphatic hydroxyl groups excluding tert-OH is 5. The van der Waals surface area contributed by atoms with E-state index in [0.29, 0.717) is 33.0 Å². The van der Waals surface area contributed by atoms with Crippen LogP contribution in [-0.2, 0) is 22.4 Å². The Labute approximate surface area is 211 Å². The molecule has 0 saturated heterocycles. The van der Waals surface area contributed by atoms with Crippen LogP contribution in [0.3, 0.4) is 0 Å². The first-order chi connectivity index (χ1) is 14.6. The molecule has 0 bridgehead atoms. The minimum Gasteiger partial charge on any atom is -0.396 e. The molecular weight excluding hydrogens is 473 g/mol. The number of hydrogen-bond donors (Lipinski definition) is 5. The Hall–Kier alpha value is 0.540. The van der Waals surface area contributed by atoms with Gasteiger partial charge in [0.1, 0.15) is 0 Å². The molecule has 0 aromatic carbocycles. The number of hydrogen-bond acceptors (Lipinski definition) is 5. The van der Waals surface area contributed by atoms with E-state index in [1.165, 1.54) is 32.1 Å². The van der Waals surface area contributed by atoms with E-state index in [2.05, 4.69) is 34.6 Å². The third-order valence-electron chi connectivity index (χ3n) is 3.81. The second-order valence-corrected chi connectivity index (χ2v) is 7.15. The van der Waals surface area contributed by atoms with Crippen molar-refractivity contribution < 1.29 is 47.9 Å². The third-order valence-corrected chi connectivity index (χ3v) is 3.81. The summed E-state index contributed by atoms with van der Waals surface area (Å²) in [7, 11) is 0. The van der Waals surface area contributed by atoms with Gasteiger partial charge in [0.2, 0.25) is 0 Å². The molecule has 195 valence electrons. The summed E-state index contributed by atoms with van der Waals surface area (Å²) in [5, 5.41) is 41.0. The molecular formula is C25H60NbO5. The van der Waals surface area contributed by atoms with Crippen molar-refractivity contribution in [1.82, 2.24) is 0 Å². The molecule has 0 aliphatic carbocycles. The van der Waals surface area contributed by atoms with Gasteiger partial charge in [0, 0.05) is 55.4 Å². The van der Waals surface area contributed by atoms with Gasteiger partial charge >= 0.3 is 0 Å². The van der Waals surface area contributed by atoms with Crippen molar-refractivity contribution in [3.63, 3.8) is 0 Å². The van der Waals surface area contributed by atoms with Gasteiger partial charge in [0.25, 0.3) is 0 Å². The largest absolute Gasteiger partial charge is 0.396 e. The molecule has 6 heteroatoms. The molecule has 0 aliphatic heterocycles. The van der Waals surface area contributed by atoms with E-state index in [1.54, 1.807) is 0 Å². The average Bonchev–Trinajstić information content (AvgIpc) is 2.78. The Balaban J connectivity index is -0.0000000625. The van der Waals surface area contributed by atoms with Gasteiger partial charge in [-0.15, -0.1) is 0 Å². The van der Waals surface area contributed by atoms with E-state index in [9.17, 15) is 0 Å². The fourth-order valence-electron chi connectivity index (χ4n) is 1.81. The number of rotatable bonds is 15. The van der Waals surface area contributed by atoms with Crippen molar-refractivity contribution in [3.05, 3.63) is 0 Å². The van der Waals surface area contributed by atoms with Crippen LogP contribution >= 0.6 is 0 Å². The van der Waals surface area contributed by atoms with Crippen LogP contribution in [0, 0.1) is 0 Å². The van der Waals surface area contributed by atoms with Gasteiger partial charge in [-0.05, 0) is 32.1 Å². The molecule has 0 fully saturated rings. The van der Waals surface area contributed by atoms with Gasteiger partial charge in [0.15, 0.2) is 0 Å². The van der Waals surface area contributed by atoms with E-state index in [1.807, 2.05) is 0 Å². The maximum absolute atomic E-state index is 8.20. The predicted octanol–water partition coefficient (Wildman–Crippen LogP) is 5.84. The summed E-state index contributed by atoms with van der Waals surface area (Å²) < 4.78 is 0. The van der Waals surface area contributed by atoms with Crippen molar-refractivity contribution >= 4 is 0 Å². The smallest absolute Gasteiger partial charge is 0.0431 e. The Morgan fingerprint density at radius 3 is 0.452 bits per heavy atom. The Bertz CT molecular complexity index is 132. The minimum atomic E-state index is 0. The molecule has 31 heavy (non-hydrogen) atoms. The van der Waals surface area contributed by atoms with Crippen LogP contribution in [0.4, 0.5) is 0 Å². The quantitative estimate of drug-likeness (QED) is 0.134. The fourth-order valence-corrected chi connectivity index (χ4v) is 1.81. The topological polar surface area (TPSA) is 101 Å². The normalized spacial score (nSPS) is 8.71. The monoisotopic (exact) mass is 533 g/mol. The predicted molar refractivity (Wildman–Crippen MR) is 133 cm³/mol. The molecule has 0 saturated carbocycles. The van der Waals surface area contributed by atoms with E-state index in [0.717, 1.165) is 64.2 Å². The van der Waals surface area contributed by atoms with Gasteiger partial charge in [0.05, 0.1) is 0 Å². The van der Waals surface area contributed by atoms with E-state index in [-0.39, 0.29) is 22.4 Å². The van der Waals surface area contributed by atoms with Gasteiger partial charge in [-0.3, -0.25) is 0 Å². The molecule has 0 rings (SSSR count). The second kappa shape index (κ2) is 63.2. The molecule has 0 unspecified atom stereocenters. The molecule has 0 spiro atoms. The second-order valence-electron chi connectivity index (χ2n) is 7.15. The molecule has 0 aromatic heterocycles. The Kier molecular flexibility index (Phi) is 91.9. The van der Waals surface area contributed by atoms with E-state index in [4.69, 9.17) is 25.5 Å². The van der Waals surface area contributed by atoms with Crippen LogP contribution in [0.5, 0.6) is 0 Å². The van der Waals surface area contributed by atoms with Gasteiger partial charge in [-0.2, -0.15) is 0 Å². The van der Waals surface area contributed by atoms with Crippen LogP contribution in [0.15, 0.2) is 0 Å². The number of aliphatic hydroxyl groups is 5. The zero-order valence-electron chi connectivity index (χ0n) is 21.8. The average molecular weight is 534 g/mol. The van der Waals surface area contributed by atoms with Gasteiger partial charge in [-0.1, -0.05) is 98.8 Å². The minimum absolute atomic E-state index is 0. The molecule has 5 N–H and O–H groups in total. The summed E-state index contributed by atoms with van der Waals surface area (Å²) in [4.78, 5) is 0. The summed E-state index contributed by atoms with van der Waals surface area (Å²) >= 11 is 0. The summed E-state index contributed by atoms with van der Waals surface area (Å²) in [5.74, 6) is 0. The van der Waals surface area contributed by atoms with Gasteiger partial charge in [-0.25, -0.2) is 0 Å². The summed E-state index contributed by atoms with van der Waals surface area (Å²) in [6, 6.07) is 0. The van der Waals surface area contributed by atoms with Gasteiger partial charge < -0.3 is 25.5 Å². The van der Waals surface area contributed by atoms with Crippen molar-refractivity contribution in [1.29, 1.82) is 0 Å². The van der Waals surface area contributed by atoms with Crippen molar-refractivity contribution in [2.45, 2.75) is 131 Å². The van der Waals surface area contributed by atoms with Crippen LogP contribution in [0.25, 0.3) is 0 Å². The molecule has 0 aromatic rings. The molecule has 0 amide bonds. The summed E-state index contributed by atoms with van der Waals surface area (Å²) in [6.07, 6.45) is 16.6. The first-order valence-electron chi connectivity index (χ1n) is 12.6. The molecule has 0 aliphatic rings. The molecule has 5 nitrogen and oxygen atoms in total. The molecule has 0 heterocycles. The number of unbranched alkanes of at least 4 members (excludes halogenated alkanes) is 10. The van der Waals surface area contributed by atoms with Crippen molar-refractivity contribution in [3.8, 4) is 0 Å². The maximum Gasteiger partial charge on any atom is 0.0431 e. The SMILES string of the molecule is CCCCCO.CCCCCO.CCCCCO.CCCCCO.CCCCCO.[Nb]. The Morgan fingerprint density at radius 1 is 0.290 bits per heavy atom. The third kappa shape index (κ3) is 103. The maximum atomic E-state index is 8.20. The van der Waals surface area contributed by atoms with Crippen molar-refractivity contribution in [2.75, 3.05) is 33.0 Å². The van der Waals surface area contributed by atoms with Crippen molar-refractivity contribution in [2.24, 2.45) is 0 Å².